The van der Waals surface area contributed by atoms with Gasteiger partial charge in [-0.25, -0.2) is 19.6 Å². The van der Waals surface area contributed by atoms with Gasteiger partial charge in [0.1, 0.15) is 28.0 Å². The molecule has 7 rings (SSSR count). The molecule has 1 atom stereocenters. The topological polar surface area (TPSA) is 156 Å². The fraction of sp³-hybridized carbons (Fsp3) is 0.167. The van der Waals surface area contributed by atoms with E-state index in [0.29, 0.717) is 11.5 Å². The molecule has 0 saturated carbocycles. The predicted molar refractivity (Wildman–Crippen MR) is 170 cm³/mol. The van der Waals surface area contributed by atoms with E-state index in [-0.39, 0.29) is 34.3 Å². The first-order chi connectivity index (χ1) is 21.2. The Labute approximate surface area is 255 Å². The molecule has 1 aliphatic rings. The fourth-order valence-corrected chi connectivity index (χ4v) is 7.15. The lowest BCUT2D eigenvalue weighted by atomic mass is 10.2. The Hall–Kier alpha value is -4.92. The molecule has 0 unspecified atom stereocenters. The van der Waals surface area contributed by atoms with Gasteiger partial charge in [-0.15, -0.1) is 11.3 Å². The summed E-state index contributed by atoms with van der Waals surface area (Å²) >= 11 is 1.65. The molecule has 0 radical (unpaired) electrons. The van der Waals surface area contributed by atoms with E-state index in [1.807, 2.05) is 37.3 Å². The Morgan fingerprint density at radius 3 is 2.66 bits per heavy atom. The van der Waals surface area contributed by atoms with Gasteiger partial charge in [-0.05, 0) is 74.9 Å². The van der Waals surface area contributed by atoms with Gasteiger partial charge >= 0.3 is 0 Å². The summed E-state index contributed by atoms with van der Waals surface area (Å²) in [5, 5.41) is 5.41. The Kier molecular flexibility index (Phi) is 6.76. The Bertz CT molecular complexity index is 2270. The first kappa shape index (κ1) is 27.9. The van der Waals surface area contributed by atoms with Gasteiger partial charge in [-0.2, -0.15) is 13.5 Å². The van der Waals surface area contributed by atoms with Crippen LogP contribution in [-0.2, 0) is 20.9 Å². The average Bonchev–Trinajstić information content (AvgIpc) is 3.71. The number of imidazole rings is 1. The minimum absolute atomic E-state index is 0.0821. The maximum Gasteiger partial charge on any atom is 0.298 e. The minimum Gasteiger partial charge on any atom is -0.344 e. The molecule has 0 spiro atoms. The number of aromatic amines is 1. The standard InChI is InChI=1S/C30H26N8O4S2/c1-16-7-12-21-23(13-16)43-29(34-21)19-8-10-20(11-9-19)35-36-27-18(3)37-38-28(27)33-22-5-4-6-24(26(22)30(38)39)44(40,41)42-15-25-31-14-17(2)32-25/h4-14,18,35,37H,15H2,1-3H3,(H,31,32)/t18-/m0/s1. The number of anilines is 1. The Morgan fingerprint density at radius 1 is 1.07 bits per heavy atom. The number of rotatable bonds is 7. The third-order valence-electron chi connectivity index (χ3n) is 7.18. The molecule has 0 fully saturated rings. The summed E-state index contributed by atoms with van der Waals surface area (Å²) in [7, 11) is -4.31. The van der Waals surface area contributed by atoms with E-state index >= 15 is 0 Å². The normalized spacial score (nSPS) is 15.6. The van der Waals surface area contributed by atoms with Crippen molar-refractivity contribution in [1.29, 1.82) is 0 Å². The zero-order chi connectivity index (χ0) is 30.6. The third kappa shape index (κ3) is 5.02. The van der Waals surface area contributed by atoms with Gasteiger partial charge in [-0.3, -0.25) is 14.4 Å². The lowest BCUT2D eigenvalue weighted by Crippen LogP contribution is -2.30. The van der Waals surface area contributed by atoms with Crippen LogP contribution in [-0.4, -0.2) is 44.8 Å². The number of aromatic nitrogens is 5. The number of hydrogen-bond donors (Lipinski definition) is 3. The number of hydrogen-bond acceptors (Lipinski definition) is 11. The third-order valence-corrected chi connectivity index (χ3v) is 9.55. The van der Waals surface area contributed by atoms with Crippen molar-refractivity contribution in [3.63, 3.8) is 0 Å². The van der Waals surface area contributed by atoms with E-state index in [1.54, 1.807) is 30.5 Å². The van der Waals surface area contributed by atoms with E-state index in [2.05, 4.69) is 50.0 Å². The van der Waals surface area contributed by atoms with Crippen LogP contribution in [0.1, 0.15) is 29.8 Å². The first-order valence-corrected chi connectivity index (χ1v) is 15.9. The lowest BCUT2D eigenvalue weighted by molar-refractivity contribution is 0.300. The van der Waals surface area contributed by atoms with Crippen molar-refractivity contribution in [2.75, 3.05) is 10.9 Å². The number of aryl methyl sites for hydroxylation is 2. The van der Waals surface area contributed by atoms with Gasteiger partial charge in [0.15, 0.2) is 5.82 Å². The van der Waals surface area contributed by atoms with Crippen LogP contribution in [0.25, 0.3) is 31.7 Å². The van der Waals surface area contributed by atoms with E-state index in [1.165, 1.54) is 22.4 Å². The molecule has 3 N–H and O–H groups in total. The molecule has 3 aromatic carbocycles. The van der Waals surface area contributed by atoms with Crippen LogP contribution in [0.3, 0.4) is 0 Å². The zero-order valence-corrected chi connectivity index (χ0v) is 25.5. The molecular weight excluding hydrogens is 601 g/mol. The van der Waals surface area contributed by atoms with Gasteiger partial charge in [-0.1, -0.05) is 12.1 Å². The van der Waals surface area contributed by atoms with Crippen LogP contribution in [0, 0.1) is 13.8 Å². The maximum atomic E-state index is 13.6. The van der Waals surface area contributed by atoms with Crippen LogP contribution in [0.2, 0.25) is 0 Å². The van der Waals surface area contributed by atoms with Crippen LogP contribution in [0.4, 0.5) is 5.69 Å². The van der Waals surface area contributed by atoms with Crippen molar-refractivity contribution in [3.05, 3.63) is 100 Å². The number of fused-ring (bicyclic) bond motifs is 3. The monoisotopic (exact) mass is 626 g/mol. The van der Waals surface area contributed by atoms with Crippen LogP contribution in [0.5, 0.6) is 0 Å². The molecule has 4 heterocycles. The molecule has 3 aromatic heterocycles. The maximum absolute atomic E-state index is 13.6. The molecule has 6 aromatic rings. The van der Waals surface area contributed by atoms with Crippen molar-refractivity contribution in [1.82, 2.24) is 24.6 Å². The summed E-state index contributed by atoms with van der Waals surface area (Å²) in [4.78, 5) is 29.7. The van der Waals surface area contributed by atoms with Crippen molar-refractivity contribution >= 4 is 54.0 Å². The molecular formula is C30H26N8O4S2. The van der Waals surface area contributed by atoms with Crippen molar-refractivity contribution < 1.29 is 12.6 Å². The lowest BCUT2D eigenvalue weighted by Gasteiger charge is -2.10. The zero-order valence-electron chi connectivity index (χ0n) is 23.8. The van der Waals surface area contributed by atoms with E-state index in [0.717, 1.165) is 32.2 Å². The van der Waals surface area contributed by atoms with Crippen molar-refractivity contribution in [2.24, 2.45) is 5.10 Å². The van der Waals surface area contributed by atoms with Crippen LogP contribution in [0.15, 0.2) is 81.7 Å². The fourth-order valence-electron chi connectivity index (χ4n) is 5.00. The minimum atomic E-state index is -4.31. The predicted octanol–water partition coefficient (Wildman–Crippen LogP) is 4.68. The number of hydrazone groups is 1. The molecule has 44 heavy (non-hydrogen) atoms. The summed E-state index contributed by atoms with van der Waals surface area (Å²) in [5.41, 5.74) is 10.9. The summed E-state index contributed by atoms with van der Waals surface area (Å²) in [6.07, 6.45) is 1.57. The molecule has 12 nitrogen and oxygen atoms in total. The number of H-pyrrole nitrogens is 1. The molecule has 0 amide bonds. The van der Waals surface area contributed by atoms with Gasteiger partial charge in [0.25, 0.3) is 15.7 Å². The van der Waals surface area contributed by atoms with Gasteiger partial charge in [0.05, 0.1) is 32.8 Å². The van der Waals surface area contributed by atoms with Crippen molar-refractivity contribution in [3.8, 4) is 10.6 Å². The Balaban J connectivity index is 1.16. The highest BCUT2D eigenvalue weighted by Gasteiger charge is 2.31. The van der Waals surface area contributed by atoms with E-state index in [4.69, 9.17) is 9.17 Å². The second-order valence-electron chi connectivity index (χ2n) is 10.5. The quantitative estimate of drug-likeness (QED) is 0.169. The second kappa shape index (κ2) is 10.7. The second-order valence-corrected chi connectivity index (χ2v) is 13.1. The SMILES string of the molecule is Cc1ccc2nc(-c3ccc(NN=C4c5nc6cccc(S(=O)(=O)OCc7ncc(C)[nH]7)c6c(=O)n5N[C@H]4C)cc3)sc2c1. The number of nitrogens with one attached hydrogen (secondary N) is 3. The highest BCUT2D eigenvalue weighted by molar-refractivity contribution is 7.87. The van der Waals surface area contributed by atoms with Gasteiger partial charge in [0.2, 0.25) is 0 Å². The molecule has 14 heteroatoms. The largest absolute Gasteiger partial charge is 0.344 e. The summed E-state index contributed by atoms with van der Waals surface area (Å²) in [6.45, 7) is 5.40. The smallest absolute Gasteiger partial charge is 0.298 e. The summed E-state index contributed by atoms with van der Waals surface area (Å²) in [5.74, 6) is 0.637. The summed E-state index contributed by atoms with van der Waals surface area (Å²) in [6, 6.07) is 18.0. The highest BCUT2D eigenvalue weighted by atomic mass is 32.2. The van der Waals surface area contributed by atoms with E-state index in [9.17, 15) is 13.2 Å². The van der Waals surface area contributed by atoms with Gasteiger partial charge < -0.3 is 10.4 Å². The highest BCUT2D eigenvalue weighted by Crippen LogP contribution is 2.31. The number of benzene rings is 3. The van der Waals surface area contributed by atoms with Crippen molar-refractivity contribution in [2.45, 2.75) is 38.3 Å². The summed E-state index contributed by atoms with van der Waals surface area (Å²) < 4.78 is 33.9. The molecule has 222 valence electrons. The average molecular weight is 627 g/mol. The first-order valence-electron chi connectivity index (χ1n) is 13.7. The molecule has 0 saturated heterocycles. The number of nitrogens with zero attached hydrogens (tertiary/aromatic N) is 5. The molecule has 0 bridgehead atoms. The van der Waals surface area contributed by atoms with Gasteiger partial charge in [0, 0.05) is 17.5 Å². The van der Waals surface area contributed by atoms with Crippen LogP contribution < -0.4 is 16.4 Å². The number of thiazole rings is 1. The van der Waals surface area contributed by atoms with Crippen LogP contribution >= 0.6 is 11.3 Å². The van der Waals surface area contributed by atoms with E-state index < -0.39 is 15.7 Å². The molecule has 0 aliphatic carbocycles. The Morgan fingerprint density at radius 2 is 1.89 bits per heavy atom. The molecule has 1 aliphatic heterocycles.